The lowest BCUT2D eigenvalue weighted by Gasteiger charge is -2.32. The molecule has 1 N–H and O–H groups in total. The van der Waals surface area contributed by atoms with Gasteiger partial charge in [0, 0.05) is 37.8 Å². The van der Waals surface area contributed by atoms with E-state index in [0.29, 0.717) is 26.2 Å². The van der Waals surface area contributed by atoms with E-state index in [0.717, 1.165) is 42.8 Å². The summed E-state index contributed by atoms with van der Waals surface area (Å²) < 4.78 is 8.50. The van der Waals surface area contributed by atoms with Crippen molar-refractivity contribution in [1.82, 2.24) is 19.2 Å². The highest BCUT2D eigenvalue weighted by Crippen LogP contribution is 2.37. The lowest BCUT2D eigenvalue weighted by molar-refractivity contribution is 0.181. The van der Waals surface area contributed by atoms with Gasteiger partial charge < -0.3 is 15.0 Å². The van der Waals surface area contributed by atoms with Gasteiger partial charge in [0.1, 0.15) is 5.82 Å². The first-order chi connectivity index (χ1) is 14.1. The molecular formula is C21H29N5O3. The molecule has 1 unspecified atom stereocenters. The second kappa shape index (κ2) is 8.41. The fraction of sp³-hybridized carbons (Fsp3) is 0.571. The van der Waals surface area contributed by atoms with Crippen LogP contribution in [0.5, 0.6) is 0 Å². The molecule has 1 aromatic carbocycles. The van der Waals surface area contributed by atoms with Gasteiger partial charge in [-0.3, -0.25) is 4.57 Å². The van der Waals surface area contributed by atoms with Gasteiger partial charge in [0.15, 0.2) is 0 Å². The monoisotopic (exact) mass is 399 g/mol. The molecule has 1 aromatic heterocycles. The number of methoxy groups -OCH3 is 1. The first-order valence-electron chi connectivity index (χ1n) is 10.4. The predicted octanol–water partition coefficient (Wildman–Crippen LogP) is 2.75. The van der Waals surface area contributed by atoms with Crippen LogP contribution < -0.4 is 11.0 Å². The second-order valence-electron chi connectivity index (χ2n) is 7.99. The Morgan fingerprint density at radius 1 is 1.28 bits per heavy atom. The number of ether oxygens (including phenoxy) is 1. The average molecular weight is 399 g/mol. The highest BCUT2D eigenvalue weighted by molar-refractivity contribution is 5.90. The number of hydrogen-bond acceptors (Lipinski definition) is 4. The van der Waals surface area contributed by atoms with Crippen molar-refractivity contribution in [2.75, 3.05) is 32.1 Å². The van der Waals surface area contributed by atoms with Gasteiger partial charge in [0.2, 0.25) is 0 Å². The van der Waals surface area contributed by atoms with E-state index in [9.17, 15) is 9.59 Å². The number of piperidine rings is 1. The smallest absolute Gasteiger partial charge is 0.346 e. The summed E-state index contributed by atoms with van der Waals surface area (Å²) in [4.78, 5) is 27.5. The van der Waals surface area contributed by atoms with E-state index in [2.05, 4.69) is 10.4 Å². The number of anilines is 1. The third kappa shape index (κ3) is 4.22. The van der Waals surface area contributed by atoms with Crippen LogP contribution in [-0.2, 0) is 11.3 Å². The van der Waals surface area contributed by atoms with E-state index in [1.165, 1.54) is 4.68 Å². The zero-order valence-corrected chi connectivity index (χ0v) is 17.1. The van der Waals surface area contributed by atoms with Crippen molar-refractivity contribution in [3.63, 3.8) is 0 Å². The zero-order chi connectivity index (χ0) is 20.4. The van der Waals surface area contributed by atoms with Crippen molar-refractivity contribution in [3.8, 4) is 0 Å². The zero-order valence-electron chi connectivity index (χ0n) is 17.1. The van der Waals surface area contributed by atoms with Gasteiger partial charge in [-0.15, -0.1) is 0 Å². The lowest BCUT2D eigenvalue weighted by Crippen LogP contribution is -2.42. The van der Waals surface area contributed by atoms with Crippen molar-refractivity contribution in [2.24, 2.45) is 0 Å². The number of nitrogens with zero attached hydrogens (tertiary/aromatic N) is 4. The topological polar surface area (TPSA) is 81.4 Å². The van der Waals surface area contributed by atoms with E-state index in [4.69, 9.17) is 4.74 Å². The van der Waals surface area contributed by atoms with Gasteiger partial charge >= 0.3 is 11.7 Å². The first-order valence-corrected chi connectivity index (χ1v) is 10.4. The van der Waals surface area contributed by atoms with Crippen LogP contribution in [0.3, 0.4) is 0 Å². The summed E-state index contributed by atoms with van der Waals surface area (Å²) in [6.07, 6.45) is 3.87. The van der Waals surface area contributed by atoms with E-state index < -0.39 is 0 Å². The Labute approximate surface area is 170 Å². The van der Waals surface area contributed by atoms with Gasteiger partial charge in [-0.1, -0.05) is 18.2 Å². The van der Waals surface area contributed by atoms with Gasteiger partial charge in [-0.05, 0) is 44.2 Å². The molecule has 0 spiro atoms. The molecule has 2 aromatic rings. The van der Waals surface area contributed by atoms with Crippen molar-refractivity contribution in [2.45, 2.75) is 51.1 Å². The summed E-state index contributed by atoms with van der Waals surface area (Å²) in [5, 5.41) is 7.68. The number of hydrogen-bond donors (Lipinski definition) is 1. The number of carbonyl (C=O) groups is 1. The summed E-state index contributed by atoms with van der Waals surface area (Å²) in [6, 6.07) is 7.93. The van der Waals surface area contributed by atoms with Crippen molar-refractivity contribution in [3.05, 3.63) is 46.1 Å². The number of amides is 2. The maximum atomic E-state index is 12.8. The highest BCUT2D eigenvalue weighted by atomic mass is 16.5. The van der Waals surface area contributed by atoms with Crippen molar-refractivity contribution in [1.29, 1.82) is 0 Å². The molecule has 1 saturated heterocycles. The molecule has 29 heavy (non-hydrogen) atoms. The van der Waals surface area contributed by atoms with E-state index >= 15 is 0 Å². The number of nitrogens with one attached hydrogen (secondary N) is 1. The average Bonchev–Trinajstić information content (AvgIpc) is 3.51. The summed E-state index contributed by atoms with van der Waals surface area (Å²) in [5.41, 5.74) is 1.81. The Morgan fingerprint density at radius 3 is 2.79 bits per heavy atom. The number of rotatable bonds is 6. The lowest BCUT2D eigenvalue weighted by atomic mass is 9.97. The molecular weight excluding hydrogens is 370 g/mol. The molecule has 1 saturated carbocycles. The Kier molecular flexibility index (Phi) is 5.71. The molecule has 2 fully saturated rings. The fourth-order valence-corrected chi connectivity index (χ4v) is 3.99. The van der Waals surface area contributed by atoms with Crippen LogP contribution in [0.2, 0.25) is 0 Å². The van der Waals surface area contributed by atoms with E-state index in [-0.39, 0.29) is 23.7 Å². The SMILES string of the molecule is COCCn1nc(C2CCCN(C(=O)Nc3ccccc3C)C2)n(C2CC2)c1=O. The number of aromatic nitrogens is 3. The van der Waals surface area contributed by atoms with Crippen LogP contribution >= 0.6 is 0 Å². The molecule has 4 rings (SSSR count). The van der Waals surface area contributed by atoms with Crippen LogP contribution in [-0.4, -0.2) is 52.1 Å². The first kappa shape index (κ1) is 19.7. The number of aryl methyl sites for hydroxylation is 1. The maximum Gasteiger partial charge on any atom is 0.346 e. The predicted molar refractivity (Wildman–Crippen MR) is 110 cm³/mol. The number of para-hydroxylation sites is 1. The molecule has 2 aliphatic rings. The highest BCUT2D eigenvalue weighted by Gasteiger charge is 2.35. The molecule has 1 atom stereocenters. The number of likely N-dealkylation sites (tertiary alicyclic amines) is 1. The summed E-state index contributed by atoms with van der Waals surface area (Å²) in [6.45, 7) is 4.18. The number of benzene rings is 1. The Morgan fingerprint density at radius 2 is 2.07 bits per heavy atom. The number of urea groups is 1. The Bertz CT molecular complexity index is 931. The summed E-state index contributed by atoms with van der Waals surface area (Å²) in [7, 11) is 1.62. The number of carbonyl (C=O) groups excluding carboxylic acids is 1. The molecule has 1 aliphatic carbocycles. The van der Waals surface area contributed by atoms with E-state index in [1.807, 2.05) is 40.7 Å². The van der Waals surface area contributed by atoms with E-state index in [1.54, 1.807) is 7.11 Å². The summed E-state index contributed by atoms with van der Waals surface area (Å²) in [5.74, 6) is 0.894. The summed E-state index contributed by atoms with van der Waals surface area (Å²) >= 11 is 0. The van der Waals surface area contributed by atoms with Crippen LogP contribution in [0.25, 0.3) is 0 Å². The maximum absolute atomic E-state index is 12.8. The quantitative estimate of drug-likeness (QED) is 0.810. The normalized spacial score (nSPS) is 19.4. The third-order valence-electron chi connectivity index (χ3n) is 5.78. The van der Waals surface area contributed by atoms with Crippen LogP contribution in [0.1, 0.15) is 49.0 Å². The van der Waals surface area contributed by atoms with Crippen LogP contribution in [0.15, 0.2) is 29.1 Å². The second-order valence-corrected chi connectivity index (χ2v) is 7.99. The molecule has 8 nitrogen and oxygen atoms in total. The standard InChI is InChI=1S/C21H29N5O3/c1-15-6-3-4-8-18(15)22-20(27)24-11-5-7-16(14-24)19-23-25(12-13-29-2)21(28)26(19)17-9-10-17/h3-4,6,8,16-17H,5,7,9-14H2,1-2H3,(H,22,27). The van der Waals surface area contributed by atoms with Gasteiger partial charge in [0.25, 0.3) is 0 Å². The minimum atomic E-state index is -0.0943. The van der Waals surface area contributed by atoms with Crippen molar-refractivity contribution < 1.29 is 9.53 Å². The van der Waals surface area contributed by atoms with Crippen LogP contribution in [0.4, 0.5) is 10.5 Å². The molecule has 2 heterocycles. The minimum absolute atomic E-state index is 0.0546. The van der Waals surface area contributed by atoms with Gasteiger partial charge in [-0.25, -0.2) is 14.3 Å². The third-order valence-corrected chi connectivity index (χ3v) is 5.78. The van der Waals surface area contributed by atoms with Gasteiger partial charge in [0.05, 0.1) is 13.2 Å². The molecule has 0 radical (unpaired) electrons. The minimum Gasteiger partial charge on any atom is -0.383 e. The largest absolute Gasteiger partial charge is 0.383 e. The molecule has 1 aliphatic heterocycles. The van der Waals surface area contributed by atoms with Crippen LogP contribution in [0, 0.1) is 6.92 Å². The molecule has 2 amide bonds. The Hall–Kier alpha value is -2.61. The Balaban J connectivity index is 1.52. The molecule has 156 valence electrons. The fourth-order valence-electron chi connectivity index (χ4n) is 3.99. The van der Waals surface area contributed by atoms with Crippen molar-refractivity contribution >= 4 is 11.7 Å². The molecule has 0 bridgehead atoms. The van der Waals surface area contributed by atoms with Gasteiger partial charge in [-0.2, -0.15) is 5.10 Å². The molecule has 8 heteroatoms.